The summed E-state index contributed by atoms with van der Waals surface area (Å²) in [6, 6.07) is 13.2. The van der Waals surface area contributed by atoms with Gasteiger partial charge in [0.15, 0.2) is 0 Å². The summed E-state index contributed by atoms with van der Waals surface area (Å²) >= 11 is 5.71. The lowest BCUT2D eigenvalue weighted by atomic mass is 9.97. The van der Waals surface area contributed by atoms with Crippen LogP contribution in [0.3, 0.4) is 0 Å². The number of aliphatic hydroxyl groups is 1. The van der Waals surface area contributed by atoms with E-state index in [1.165, 1.54) is 12.1 Å². The summed E-state index contributed by atoms with van der Waals surface area (Å²) in [5.41, 5.74) is 7.59. The van der Waals surface area contributed by atoms with Crippen molar-refractivity contribution in [2.75, 3.05) is 0 Å². The summed E-state index contributed by atoms with van der Waals surface area (Å²) in [7, 11) is 0. The number of nitrogens with two attached hydrogens (primary N) is 1. The molecule has 2 aromatic rings. The van der Waals surface area contributed by atoms with Gasteiger partial charge in [-0.1, -0.05) is 48.0 Å². The van der Waals surface area contributed by atoms with Gasteiger partial charge in [-0.25, -0.2) is 4.39 Å². The fourth-order valence-electron chi connectivity index (χ4n) is 1.92. The van der Waals surface area contributed by atoms with Crippen LogP contribution in [0.1, 0.15) is 17.2 Å². The van der Waals surface area contributed by atoms with Crippen molar-refractivity contribution < 1.29 is 9.50 Å². The van der Waals surface area contributed by atoms with E-state index in [2.05, 4.69) is 0 Å². The van der Waals surface area contributed by atoms with Crippen LogP contribution >= 0.6 is 11.6 Å². The van der Waals surface area contributed by atoms with Gasteiger partial charge in [-0.05, 0) is 23.3 Å². The van der Waals surface area contributed by atoms with E-state index in [4.69, 9.17) is 17.3 Å². The highest BCUT2D eigenvalue weighted by Gasteiger charge is 2.18. The quantitative estimate of drug-likeness (QED) is 0.903. The molecule has 0 aliphatic rings. The zero-order valence-corrected chi connectivity index (χ0v) is 11.0. The number of benzene rings is 2. The third kappa shape index (κ3) is 3.53. The van der Waals surface area contributed by atoms with Crippen LogP contribution in [-0.4, -0.2) is 11.2 Å². The summed E-state index contributed by atoms with van der Waals surface area (Å²) in [5, 5.41) is 10.1. The second-order valence-corrected chi connectivity index (χ2v) is 4.86. The molecule has 4 heteroatoms. The molecule has 0 bridgehead atoms. The first-order valence-corrected chi connectivity index (χ1v) is 6.38. The van der Waals surface area contributed by atoms with Crippen LogP contribution in [0.25, 0.3) is 0 Å². The Morgan fingerprint density at radius 3 is 2.47 bits per heavy atom. The molecule has 0 spiro atoms. The van der Waals surface area contributed by atoms with Crippen molar-refractivity contribution >= 4 is 11.6 Å². The van der Waals surface area contributed by atoms with Crippen molar-refractivity contribution in [1.82, 2.24) is 0 Å². The molecule has 0 aliphatic heterocycles. The van der Waals surface area contributed by atoms with Crippen LogP contribution in [0.5, 0.6) is 0 Å². The van der Waals surface area contributed by atoms with Crippen molar-refractivity contribution in [3.8, 4) is 0 Å². The fraction of sp³-hybridized carbons (Fsp3) is 0.200. The van der Waals surface area contributed by atoms with Crippen LogP contribution in [0.4, 0.5) is 4.39 Å². The van der Waals surface area contributed by atoms with Gasteiger partial charge >= 0.3 is 0 Å². The van der Waals surface area contributed by atoms with Crippen molar-refractivity contribution in [2.45, 2.75) is 18.6 Å². The SMILES string of the molecule is N[C@@H](c1ccc(F)c(Cl)c1)[C@H](O)Cc1ccccc1. The van der Waals surface area contributed by atoms with Crippen molar-refractivity contribution in [2.24, 2.45) is 5.73 Å². The summed E-state index contributed by atoms with van der Waals surface area (Å²) in [5.74, 6) is -0.491. The lowest BCUT2D eigenvalue weighted by molar-refractivity contribution is 0.145. The third-order valence-electron chi connectivity index (χ3n) is 3.03. The minimum atomic E-state index is -0.746. The predicted molar refractivity (Wildman–Crippen MR) is 74.5 cm³/mol. The van der Waals surface area contributed by atoms with Gasteiger partial charge in [-0.3, -0.25) is 0 Å². The van der Waals surface area contributed by atoms with Crippen molar-refractivity contribution in [3.63, 3.8) is 0 Å². The second-order valence-electron chi connectivity index (χ2n) is 4.46. The lowest BCUT2D eigenvalue weighted by Gasteiger charge is -2.19. The highest BCUT2D eigenvalue weighted by Crippen LogP contribution is 2.23. The molecular weight excluding hydrogens is 265 g/mol. The van der Waals surface area contributed by atoms with Crippen LogP contribution < -0.4 is 5.73 Å². The maximum Gasteiger partial charge on any atom is 0.141 e. The van der Waals surface area contributed by atoms with Gasteiger partial charge in [0.05, 0.1) is 17.2 Å². The Labute approximate surface area is 116 Å². The molecule has 0 aromatic heterocycles. The van der Waals surface area contributed by atoms with Crippen molar-refractivity contribution in [3.05, 3.63) is 70.5 Å². The molecule has 0 fully saturated rings. The summed E-state index contributed by atoms with van der Waals surface area (Å²) in [6.45, 7) is 0. The van der Waals surface area contributed by atoms with E-state index in [1.807, 2.05) is 30.3 Å². The predicted octanol–water partition coefficient (Wildman–Crippen LogP) is 3.08. The van der Waals surface area contributed by atoms with Gasteiger partial charge in [-0.2, -0.15) is 0 Å². The Hall–Kier alpha value is -1.42. The van der Waals surface area contributed by atoms with Gasteiger partial charge < -0.3 is 10.8 Å². The summed E-state index contributed by atoms with van der Waals surface area (Å²) < 4.78 is 13.1. The lowest BCUT2D eigenvalue weighted by Crippen LogP contribution is -2.28. The zero-order valence-electron chi connectivity index (χ0n) is 10.3. The van der Waals surface area contributed by atoms with Gasteiger partial charge in [0.2, 0.25) is 0 Å². The highest BCUT2D eigenvalue weighted by molar-refractivity contribution is 6.30. The van der Waals surface area contributed by atoms with E-state index < -0.39 is 18.0 Å². The zero-order chi connectivity index (χ0) is 13.8. The number of halogens is 2. The van der Waals surface area contributed by atoms with Crippen LogP contribution in [0, 0.1) is 5.82 Å². The van der Waals surface area contributed by atoms with E-state index in [0.717, 1.165) is 5.56 Å². The number of hydrogen-bond donors (Lipinski definition) is 2. The number of rotatable bonds is 4. The molecule has 2 atom stereocenters. The molecule has 0 heterocycles. The minimum Gasteiger partial charge on any atom is -0.391 e. The topological polar surface area (TPSA) is 46.2 Å². The van der Waals surface area contributed by atoms with Crippen LogP contribution in [-0.2, 0) is 6.42 Å². The van der Waals surface area contributed by atoms with E-state index in [0.29, 0.717) is 12.0 Å². The molecular formula is C15H15ClFNO. The van der Waals surface area contributed by atoms with Gasteiger partial charge in [0.1, 0.15) is 5.82 Å². The third-order valence-corrected chi connectivity index (χ3v) is 3.32. The Morgan fingerprint density at radius 1 is 1.16 bits per heavy atom. The van der Waals surface area contributed by atoms with Gasteiger partial charge in [-0.15, -0.1) is 0 Å². The van der Waals surface area contributed by atoms with E-state index in [9.17, 15) is 9.50 Å². The maximum absolute atomic E-state index is 13.1. The monoisotopic (exact) mass is 279 g/mol. The Bertz CT molecular complexity index is 547. The summed E-state index contributed by atoms with van der Waals surface area (Å²) in [4.78, 5) is 0. The molecule has 0 saturated heterocycles. The maximum atomic E-state index is 13.1. The summed E-state index contributed by atoms with van der Waals surface area (Å²) in [6.07, 6.45) is -0.305. The first-order chi connectivity index (χ1) is 9.08. The Kier molecular flexibility index (Phi) is 4.53. The molecule has 0 amide bonds. The molecule has 0 saturated carbocycles. The number of hydrogen-bond acceptors (Lipinski definition) is 2. The highest BCUT2D eigenvalue weighted by atomic mass is 35.5. The fourth-order valence-corrected chi connectivity index (χ4v) is 2.11. The minimum absolute atomic E-state index is 0.0138. The van der Waals surface area contributed by atoms with Crippen LogP contribution in [0.2, 0.25) is 5.02 Å². The molecule has 2 aromatic carbocycles. The molecule has 2 nitrogen and oxygen atoms in total. The number of aliphatic hydroxyl groups excluding tert-OH is 1. The normalized spacial score (nSPS) is 14.1. The molecule has 100 valence electrons. The molecule has 0 unspecified atom stereocenters. The molecule has 2 rings (SSSR count). The van der Waals surface area contributed by atoms with E-state index in [1.54, 1.807) is 6.07 Å². The molecule has 0 radical (unpaired) electrons. The smallest absolute Gasteiger partial charge is 0.141 e. The largest absolute Gasteiger partial charge is 0.391 e. The molecule has 0 aliphatic carbocycles. The van der Waals surface area contributed by atoms with E-state index >= 15 is 0 Å². The Balaban J connectivity index is 2.10. The molecule has 3 N–H and O–H groups in total. The molecule has 19 heavy (non-hydrogen) atoms. The first kappa shape index (κ1) is 14.0. The Morgan fingerprint density at radius 2 is 1.84 bits per heavy atom. The first-order valence-electron chi connectivity index (χ1n) is 6.00. The van der Waals surface area contributed by atoms with Gasteiger partial charge in [0.25, 0.3) is 0 Å². The van der Waals surface area contributed by atoms with Crippen molar-refractivity contribution in [1.29, 1.82) is 0 Å². The average Bonchev–Trinajstić information content (AvgIpc) is 2.42. The van der Waals surface area contributed by atoms with Crippen LogP contribution in [0.15, 0.2) is 48.5 Å². The standard InChI is InChI=1S/C15H15ClFNO/c16-12-9-11(6-7-13(12)17)15(18)14(19)8-10-4-2-1-3-5-10/h1-7,9,14-15,19H,8,18H2/t14-,15+/m1/s1. The van der Waals surface area contributed by atoms with E-state index in [-0.39, 0.29) is 5.02 Å². The average molecular weight is 280 g/mol. The second kappa shape index (κ2) is 6.15. The van der Waals surface area contributed by atoms with Gasteiger partial charge in [0, 0.05) is 6.42 Å².